The summed E-state index contributed by atoms with van der Waals surface area (Å²) in [6, 6.07) is 7.58. The third-order valence-corrected chi connectivity index (χ3v) is 9.78. The molecule has 2 heterocycles. The number of nitrogens with zero attached hydrogens (tertiary/aromatic N) is 6. The van der Waals surface area contributed by atoms with E-state index in [-0.39, 0.29) is 50.1 Å². The van der Waals surface area contributed by atoms with Gasteiger partial charge < -0.3 is 44.4 Å². The molecule has 0 saturated carbocycles. The van der Waals surface area contributed by atoms with Gasteiger partial charge in [-0.1, -0.05) is 30.7 Å². The summed E-state index contributed by atoms with van der Waals surface area (Å²) in [5, 5.41) is 21.8. The molecule has 1 aliphatic carbocycles. The molecule has 2 aromatic rings. The van der Waals surface area contributed by atoms with Gasteiger partial charge in [0.05, 0.1) is 50.8 Å². The summed E-state index contributed by atoms with van der Waals surface area (Å²) in [6.07, 6.45) is 0.494. The SMILES string of the molecule is CC(C)N(CCN(C)C(=O)COCCOCCOCCNC(=O)O)CC(C(=O)N1CCN(c2ncnc3c2[C@H](C)C[C@H]3O)CC1)c1ccc(Cl)cc1. The second kappa shape index (κ2) is 20.6. The summed E-state index contributed by atoms with van der Waals surface area (Å²) in [5.41, 5.74) is 2.61. The summed E-state index contributed by atoms with van der Waals surface area (Å²) >= 11 is 6.23. The Labute approximate surface area is 311 Å². The van der Waals surface area contributed by atoms with Crippen molar-refractivity contribution in [1.29, 1.82) is 0 Å². The van der Waals surface area contributed by atoms with E-state index in [4.69, 9.17) is 30.9 Å². The number of amides is 3. The lowest BCUT2D eigenvalue weighted by molar-refractivity contribution is -0.136. The van der Waals surface area contributed by atoms with Crippen molar-refractivity contribution in [3.8, 4) is 0 Å². The zero-order chi connectivity index (χ0) is 37.6. The largest absolute Gasteiger partial charge is 0.465 e. The number of aliphatic hydroxyl groups excluding tert-OH is 1. The number of aliphatic hydroxyl groups is 1. The minimum absolute atomic E-state index is 0.0473. The maximum absolute atomic E-state index is 14.3. The molecule has 3 atom stereocenters. The van der Waals surface area contributed by atoms with Crippen molar-refractivity contribution in [2.45, 2.75) is 51.2 Å². The van der Waals surface area contributed by atoms with Crippen LogP contribution in [0.2, 0.25) is 5.02 Å². The first-order valence-corrected chi connectivity index (χ1v) is 18.3. The summed E-state index contributed by atoms with van der Waals surface area (Å²) in [7, 11) is 1.74. The quantitative estimate of drug-likeness (QED) is 0.170. The Kier molecular flexibility index (Phi) is 16.3. The Morgan fingerprint density at radius 2 is 1.63 bits per heavy atom. The Morgan fingerprint density at radius 3 is 2.29 bits per heavy atom. The van der Waals surface area contributed by atoms with Crippen molar-refractivity contribution < 1.29 is 38.8 Å². The Morgan fingerprint density at radius 1 is 0.981 bits per heavy atom. The van der Waals surface area contributed by atoms with E-state index in [9.17, 15) is 19.5 Å². The van der Waals surface area contributed by atoms with Crippen LogP contribution in [-0.2, 0) is 23.8 Å². The number of carbonyl (C=O) groups is 3. The van der Waals surface area contributed by atoms with Gasteiger partial charge in [0, 0.05) is 76.0 Å². The number of anilines is 1. The second-order valence-corrected chi connectivity index (χ2v) is 13.9. The number of nitrogens with one attached hydrogen (secondary N) is 1. The first-order valence-electron chi connectivity index (χ1n) is 18.0. The maximum atomic E-state index is 14.3. The number of likely N-dealkylation sites (N-methyl/N-ethyl adjacent to an activating group) is 1. The number of hydrogen-bond acceptors (Lipinski definition) is 11. The van der Waals surface area contributed by atoms with Gasteiger partial charge in [0.2, 0.25) is 11.8 Å². The monoisotopic (exact) mass is 747 g/mol. The molecule has 15 nitrogen and oxygen atoms in total. The predicted molar refractivity (Wildman–Crippen MR) is 196 cm³/mol. The summed E-state index contributed by atoms with van der Waals surface area (Å²) < 4.78 is 16.2. The van der Waals surface area contributed by atoms with Gasteiger partial charge in [-0.25, -0.2) is 14.8 Å². The zero-order valence-electron chi connectivity index (χ0n) is 30.7. The fourth-order valence-corrected chi connectivity index (χ4v) is 6.60. The van der Waals surface area contributed by atoms with Crippen LogP contribution >= 0.6 is 11.6 Å². The summed E-state index contributed by atoms with van der Waals surface area (Å²) in [4.78, 5) is 54.4. The van der Waals surface area contributed by atoms with Gasteiger partial charge in [-0.05, 0) is 43.9 Å². The van der Waals surface area contributed by atoms with Crippen LogP contribution in [0.3, 0.4) is 0 Å². The first-order chi connectivity index (χ1) is 25.0. The van der Waals surface area contributed by atoms with E-state index in [1.54, 1.807) is 11.9 Å². The molecule has 2 aliphatic rings. The Balaban J connectivity index is 1.26. The number of ether oxygens (including phenoxy) is 3. The van der Waals surface area contributed by atoms with Crippen LogP contribution in [0.5, 0.6) is 0 Å². The van der Waals surface area contributed by atoms with Gasteiger partial charge in [-0.15, -0.1) is 0 Å². The highest BCUT2D eigenvalue weighted by Crippen LogP contribution is 2.42. The van der Waals surface area contributed by atoms with Crippen molar-refractivity contribution >= 4 is 35.3 Å². The number of fused-ring (bicyclic) bond motifs is 1. The van der Waals surface area contributed by atoms with Crippen LogP contribution in [0.15, 0.2) is 30.6 Å². The molecule has 1 fully saturated rings. The highest BCUT2D eigenvalue weighted by Gasteiger charge is 2.35. The van der Waals surface area contributed by atoms with E-state index in [0.717, 1.165) is 16.9 Å². The normalized spacial score (nSPS) is 17.8. The number of halogens is 1. The molecule has 1 saturated heterocycles. The van der Waals surface area contributed by atoms with E-state index in [2.05, 4.69) is 45.9 Å². The smallest absolute Gasteiger partial charge is 0.404 e. The number of carboxylic acid groups (broad SMARTS) is 1. The van der Waals surface area contributed by atoms with E-state index in [1.807, 2.05) is 29.2 Å². The standard InChI is InChI=1S/C36H54ClN7O8/c1-25(2)44(11-10-41(4)31(46)23-52-20-19-51-18-17-50-16-9-38-36(48)49)22-29(27-5-7-28(37)8-6-27)35(47)43-14-12-42(13-15-43)34-32-26(3)21-30(45)33(32)39-24-40-34/h5-8,24-26,29-30,38,45H,9-23H2,1-4H3,(H,48,49)/t26-,29?,30-/m1/s1. The number of rotatable bonds is 20. The lowest BCUT2D eigenvalue weighted by Crippen LogP contribution is -2.52. The minimum Gasteiger partial charge on any atom is -0.465 e. The molecule has 0 spiro atoms. The predicted octanol–water partition coefficient (Wildman–Crippen LogP) is 2.59. The molecule has 4 rings (SSSR count). The topological polar surface area (TPSA) is 170 Å². The van der Waals surface area contributed by atoms with Crippen LogP contribution in [0.4, 0.5) is 10.6 Å². The molecular weight excluding hydrogens is 694 g/mol. The fraction of sp³-hybridized carbons (Fsp3) is 0.639. The molecule has 288 valence electrons. The van der Waals surface area contributed by atoms with Crippen LogP contribution in [0, 0.1) is 0 Å². The van der Waals surface area contributed by atoms with Gasteiger partial charge in [0.25, 0.3) is 0 Å². The second-order valence-electron chi connectivity index (χ2n) is 13.5. The number of aromatic nitrogens is 2. The van der Waals surface area contributed by atoms with Gasteiger partial charge in [0.15, 0.2) is 0 Å². The molecule has 1 aromatic carbocycles. The van der Waals surface area contributed by atoms with Crippen LogP contribution in [0.25, 0.3) is 0 Å². The third-order valence-electron chi connectivity index (χ3n) is 9.53. The minimum atomic E-state index is -1.09. The molecule has 1 unspecified atom stereocenters. The van der Waals surface area contributed by atoms with Crippen molar-refractivity contribution in [2.24, 2.45) is 0 Å². The van der Waals surface area contributed by atoms with Crippen LogP contribution < -0.4 is 10.2 Å². The molecule has 52 heavy (non-hydrogen) atoms. The van der Waals surface area contributed by atoms with Crippen LogP contribution in [-0.4, -0.2) is 158 Å². The van der Waals surface area contributed by atoms with E-state index in [0.29, 0.717) is 82.8 Å². The molecule has 3 N–H and O–H groups in total. The van der Waals surface area contributed by atoms with Crippen molar-refractivity contribution in [2.75, 3.05) is 104 Å². The first kappa shape index (κ1) is 41.2. The van der Waals surface area contributed by atoms with Crippen LogP contribution in [0.1, 0.15) is 62.0 Å². The number of hydrogen-bond donors (Lipinski definition) is 3. The number of benzene rings is 1. The highest BCUT2D eigenvalue weighted by atomic mass is 35.5. The van der Waals surface area contributed by atoms with Gasteiger partial charge in [0.1, 0.15) is 18.8 Å². The molecule has 3 amide bonds. The molecular formula is C36H54ClN7O8. The summed E-state index contributed by atoms with van der Waals surface area (Å²) in [6.45, 7) is 11.7. The van der Waals surface area contributed by atoms with E-state index >= 15 is 0 Å². The van der Waals surface area contributed by atoms with Gasteiger partial charge >= 0.3 is 6.09 Å². The maximum Gasteiger partial charge on any atom is 0.404 e. The number of carbonyl (C=O) groups excluding carboxylic acids is 2. The zero-order valence-corrected chi connectivity index (χ0v) is 31.5. The van der Waals surface area contributed by atoms with E-state index < -0.39 is 18.1 Å². The molecule has 1 aromatic heterocycles. The average molecular weight is 748 g/mol. The van der Waals surface area contributed by atoms with Crippen molar-refractivity contribution in [3.63, 3.8) is 0 Å². The van der Waals surface area contributed by atoms with Crippen molar-refractivity contribution in [1.82, 2.24) is 30.0 Å². The Hall–Kier alpha value is -3.60. The lowest BCUT2D eigenvalue weighted by atomic mass is 9.95. The van der Waals surface area contributed by atoms with Gasteiger partial charge in [-0.3, -0.25) is 14.5 Å². The fourth-order valence-electron chi connectivity index (χ4n) is 6.47. The molecule has 0 bridgehead atoms. The molecule has 1 aliphatic heterocycles. The van der Waals surface area contributed by atoms with Crippen molar-refractivity contribution in [3.05, 3.63) is 52.4 Å². The lowest BCUT2D eigenvalue weighted by Gasteiger charge is -2.39. The highest BCUT2D eigenvalue weighted by molar-refractivity contribution is 6.30. The summed E-state index contributed by atoms with van der Waals surface area (Å²) in [5.74, 6) is 0.482. The average Bonchev–Trinajstić information content (AvgIpc) is 3.43. The Bertz CT molecular complexity index is 1440. The van der Waals surface area contributed by atoms with E-state index in [1.165, 1.54) is 6.33 Å². The molecule has 0 radical (unpaired) electrons. The number of piperazine rings is 1. The third kappa shape index (κ3) is 12.0. The van der Waals surface area contributed by atoms with Gasteiger partial charge in [-0.2, -0.15) is 0 Å². The molecule has 16 heteroatoms.